The van der Waals surface area contributed by atoms with Gasteiger partial charge in [-0.25, -0.2) is 4.79 Å². The SMILES string of the molecule is CCOC(=O)CC(NC(=O)CNC(=O)OC(C)(C)C)c1cc(Br)cc(Cl)c1O. The molecule has 0 aromatic heterocycles. The minimum absolute atomic E-state index is 0.0550. The zero-order chi connectivity index (χ0) is 21.5. The number of phenols is 1. The molecule has 1 aromatic rings. The first kappa shape index (κ1) is 24.0. The third kappa shape index (κ3) is 8.35. The molecule has 156 valence electrons. The number of carbonyl (C=O) groups excluding carboxylic acids is 3. The summed E-state index contributed by atoms with van der Waals surface area (Å²) in [6.45, 7) is 6.54. The van der Waals surface area contributed by atoms with Gasteiger partial charge in [-0.05, 0) is 39.8 Å². The summed E-state index contributed by atoms with van der Waals surface area (Å²) in [6, 6.07) is 2.10. The van der Waals surface area contributed by atoms with E-state index in [-0.39, 0.29) is 35.9 Å². The first-order valence-corrected chi connectivity index (χ1v) is 9.69. The number of esters is 1. The Bertz CT molecular complexity index is 736. The Morgan fingerprint density at radius 3 is 2.50 bits per heavy atom. The van der Waals surface area contributed by atoms with E-state index in [1.807, 2.05) is 0 Å². The van der Waals surface area contributed by atoms with Crippen LogP contribution in [0.1, 0.15) is 45.7 Å². The third-order valence-electron chi connectivity index (χ3n) is 3.24. The maximum absolute atomic E-state index is 12.3. The monoisotopic (exact) mass is 478 g/mol. The molecule has 10 heteroatoms. The van der Waals surface area contributed by atoms with Crippen molar-refractivity contribution in [2.45, 2.75) is 45.8 Å². The van der Waals surface area contributed by atoms with Crippen molar-refractivity contribution in [3.05, 3.63) is 27.2 Å². The van der Waals surface area contributed by atoms with Crippen molar-refractivity contribution in [3.8, 4) is 5.75 Å². The molecule has 3 N–H and O–H groups in total. The van der Waals surface area contributed by atoms with Gasteiger partial charge in [-0.1, -0.05) is 27.5 Å². The van der Waals surface area contributed by atoms with E-state index in [2.05, 4.69) is 26.6 Å². The van der Waals surface area contributed by atoms with Crippen LogP contribution in [-0.4, -0.2) is 41.8 Å². The fourth-order valence-electron chi connectivity index (χ4n) is 2.19. The number of benzene rings is 1. The average molecular weight is 480 g/mol. The summed E-state index contributed by atoms with van der Waals surface area (Å²) in [7, 11) is 0. The molecule has 1 aromatic carbocycles. The molecule has 0 spiro atoms. The van der Waals surface area contributed by atoms with Gasteiger partial charge in [0.05, 0.1) is 24.1 Å². The lowest BCUT2D eigenvalue weighted by Gasteiger charge is -2.22. The number of amides is 2. The van der Waals surface area contributed by atoms with E-state index in [4.69, 9.17) is 21.1 Å². The maximum atomic E-state index is 12.3. The molecule has 0 saturated carbocycles. The molecule has 0 aliphatic rings. The van der Waals surface area contributed by atoms with Crippen molar-refractivity contribution in [2.24, 2.45) is 0 Å². The third-order valence-corrected chi connectivity index (χ3v) is 3.98. The second-order valence-electron chi connectivity index (χ2n) is 6.81. The number of halogens is 2. The fourth-order valence-corrected chi connectivity index (χ4v) is 3.02. The molecule has 0 radical (unpaired) electrons. The van der Waals surface area contributed by atoms with Crippen LogP contribution in [0.25, 0.3) is 0 Å². The molecule has 0 aliphatic heterocycles. The summed E-state index contributed by atoms with van der Waals surface area (Å²) in [5, 5.41) is 15.2. The van der Waals surface area contributed by atoms with Crippen molar-refractivity contribution in [1.29, 1.82) is 0 Å². The van der Waals surface area contributed by atoms with Crippen LogP contribution >= 0.6 is 27.5 Å². The minimum atomic E-state index is -0.915. The van der Waals surface area contributed by atoms with E-state index in [9.17, 15) is 19.5 Å². The maximum Gasteiger partial charge on any atom is 0.408 e. The highest BCUT2D eigenvalue weighted by molar-refractivity contribution is 9.10. The van der Waals surface area contributed by atoms with E-state index in [0.717, 1.165) is 0 Å². The minimum Gasteiger partial charge on any atom is -0.506 e. The number of phenolic OH excluding ortho intramolecular Hbond substituents is 1. The van der Waals surface area contributed by atoms with Crippen molar-refractivity contribution < 1.29 is 29.0 Å². The Morgan fingerprint density at radius 2 is 1.93 bits per heavy atom. The normalized spacial score (nSPS) is 12.1. The van der Waals surface area contributed by atoms with Crippen LogP contribution in [0, 0.1) is 0 Å². The highest BCUT2D eigenvalue weighted by Crippen LogP contribution is 2.36. The summed E-state index contributed by atoms with van der Waals surface area (Å²) >= 11 is 9.24. The second-order valence-corrected chi connectivity index (χ2v) is 8.13. The predicted octanol–water partition coefficient (Wildman–Crippen LogP) is 3.44. The Morgan fingerprint density at radius 1 is 1.29 bits per heavy atom. The van der Waals surface area contributed by atoms with E-state index < -0.39 is 29.6 Å². The van der Waals surface area contributed by atoms with E-state index in [1.54, 1.807) is 27.7 Å². The first-order valence-electron chi connectivity index (χ1n) is 8.52. The van der Waals surface area contributed by atoms with Crippen LogP contribution < -0.4 is 10.6 Å². The quantitative estimate of drug-likeness (QED) is 0.516. The first-order chi connectivity index (χ1) is 12.9. The molecule has 0 bridgehead atoms. The van der Waals surface area contributed by atoms with Gasteiger partial charge < -0.3 is 25.2 Å². The van der Waals surface area contributed by atoms with E-state index >= 15 is 0 Å². The molecule has 0 aliphatic carbocycles. The van der Waals surface area contributed by atoms with Gasteiger partial charge in [0, 0.05) is 10.0 Å². The molecule has 1 atom stereocenters. The standard InChI is InChI=1S/C18H24BrClN2O6/c1-5-27-15(24)8-13(11-6-10(19)7-12(20)16(11)25)22-14(23)9-21-17(26)28-18(2,3)4/h6-7,13,25H,5,8-9H2,1-4H3,(H,21,26)(H,22,23). The van der Waals surface area contributed by atoms with Gasteiger partial charge in [0.1, 0.15) is 17.9 Å². The molecule has 0 saturated heterocycles. The van der Waals surface area contributed by atoms with Crippen LogP contribution in [0.5, 0.6) is 5.75 Å². The number of nitrogens with one attached hydrogen (secondary N) is 2. The van der Waals surface area contributed by atoms with Gasteiger partial charge in [-0.2, -0.15) is 0 Å². The Balaban J connectivity index is 2.91. The van der Waals surface area contributed by atoms with Crippen LogP contribution in [0.2, 0.25) is 5.02 Å². The second kappa shape index (κ2) is 10.5. The van der Waals surface area contributed by atoms with Crippen molar-refractivity contribution >= 4 is 45.5 Å². The molecule has 1 rings (SSSR count). The summed E-state index contributed by atoms with van der Waals surface area (Å²) in [4.78, 5) is 35.9. The number of rotatable bonds is 7. The molecular formula is C18H24BrClN2O6. The van der Waals surface area contributed by atoms with Crippen molar-refractivity contribution in [1.82, 2.24) is 10.6 Å². The Labute approximate surface area is 177 Å². The van der Waals surface area contributed by atoms with Crippen LogP contribution in [0.3, 0.4) is 0 Å². The van der Waals surface area contributed by atoms with Crippen molar-refractivity contribution in [3.63, 3.8) is 0 Å². The summed E-state index contributed by atoms with van der Waals surface area (Å²) < 4.78 is 10.5. The molecule has 0 heterocycles. The summed E-state index contributed by atoms with van der Waals surface area (Å²) in [5.74, 6) is -1.42. The van der Waals surface area contributed by atoms with Gasteiger partial charge in [0.2, 0.25) is 5.91 Å². The zero-order valence-electron chi connectivity index (χ0n) is 16.1. The fraction of sp³-hybridized carbons (Fsp3) is 0.500. The summed E-state index contributed by atoms with van der Waals surface area (Å²) in [5.41, 5.74) is -0.468. The highest BCUT2D eigenvalue weighted by Gasteiger charge is 2.24. The molecule has 28 heavy (non-hydrogen) atoms. The van der Waals surface area contributed by atoms with Crippen LogP contribution in [0.15, 0.2) is 16.6 Å². The summed E-state index contributed by atoms with van der Waals surface area (Å²) in [6.07, 6.45) is -0.982. The van der Waals surface area contributed by atoms with Gasteiger partial charge in [0.25, 0.3) is 0 Å². The molecular weight excluding hydrogens is 456 g/mol. The number of carbonyl (C=O) groups is 3. The largest absolute Gasteiger partial charge is 0.506 e. The number of ether oxygens (including phenoxy) is 2. The number of aromatic hydroxyl groups is 1. The molecule has 8 nitrogen and oxygen atoms in total. The zero-order valence-corrected chi connectivity index (χ0v) is 18.4. The van der Waals surface area contributed by atoms with Gasteiger partial charge in [-0.3, -0.25) is 9.59 Å². The Hall–Kier alpha value is -2.00. The molecule has 0 fully saturated rings. The highest BCUT2D eigenvalue weighted by atomic mass is 79.9. The van der Waals surface area contributed by atoms with Gasteiger partial charge in [0.15, 0.2) is 0 Å². The number of hydrogen-bond acceptors (Lipinski definition) is 6. The lowest BCUT2D eigenvalue weighted by Crippen LogP contribution is -2.41. The Kier molecular flexibility index (Phi) is 9.03. The molecule has 1 unspecified atom stereocenters. The smallest absolute Gasteiger partial charge is 0.408 e. The van der Waals surface area contributed by atoms with Crippen LogP contribution in [0.4, 0.5) is 4.79 Å². The number of alkyl carbamates (subject to hydrolysis) is 1. The topological polar surface area (TPSA) is 114 Å². The predicted molar refractivity (Wildman–Crippen MR) is 107 cm³/mol. The average Bonchev–Trinajstić information content (AvgIpc) is 2.54. The van der Waals surface area contributed by atoms with Gasteiger partial charge >= 0.3 is 12.1 Å². The lowest BCUT2D eigenvalue weighted by molar-refractivity contribution is -0.143. The van der Waals surface area contributed by atoms with E-state index in [1.165, 1.54) is 12.1 Å². The van der Waals surface area contributed by atoms with Crippen molar-refractivity contribution in [2.75, 3.05) is 13.2 Å². The van der Waals surface area contributed by atoms with Crippen LogP contribution in [-0.2, 0) is 19.1 Å². The van der Waals surface area contributed by atoms with E-state index in [0.29, 0.717) is 4.47 Å². The van der Waals surface area contributed by atoms with Gasteiger partial charge in [-0.15, -0.1) is 0 Å². The lowest BCUT2D eigenvalue weighted by atomic mass is 10.0. The molecule has 2 amide bonds. The number of hydrogen-bond donors (Lipinski definition) is 3.